The molecule has 0 aliphatic carbocycles. The number of ether oxygens (including phenoxy) is 3. The molecule has 33 heavy (non-hydrogen) atoms. The number of nitrogens with zero attached hydrogens (tertiary/aromatic N) is 1. The van der Waals surface area contributed by atoms with Crippen LogP contribution in [0.25, 0.3) is 0 Å². The lowest BCUT2D eigenvalue weighted by molar-refractivity contribution is 0.0730. The summed E-state index contributed by atoms with van der Waals surface area (Å²) in [5, 5.41) is 2.86. The summed E-state index contributed by atoms with van der Waals surface area (Å²) in [6.45, 7) is 6.14. The van der Waals surface area contributed by atoms with Crippen molar-refractivity contribution in [1.82, 2.24) is 9.62 Å². The average molecular weight is 477 g/mol. The molecule has 1 aliphatic heterocycles. The van der Waals surface area contributed by atoms with E-state index in [1.807, 2.05) is 32.0 Å². The largest absolute Gasteiger partial charge is 0.493 e. The third-order valence-corrected chi connectivity index (χ3v) is 7.42. The van der Waals surface area contributed by atoms with Crippen LogP contribution in [-0.2, 0) is 27.7 Å². The molecule has 1 aliphatic rings. The van der Waals surface area contributed by atoms with Gasteiger partial charge in [-0.15, -0.1) is 0 Å². The standard InChI is InChI=1S/C24H32N2O6S/c1-4-12-32-21-9-6-18(15-22(21)30-3)17-25-24(27)20-8-7-19(5-2)23(16-20)33(28,29)26-10-13-31-14-11-26/h6-9,15-16H,4-5,10-14,17H2,1-3H3,(H,25,27). The van der Waals surface area contributed by atoms with E-state index in [-0.39, 0.29) is 17.3 Å². The first-order chi connectivity index (χ1) is 15.9. The number of nitrogens with one attached hydrogen (secondary N) is 1. The number of morpholine rings is 1. The molecule has 0 aromatic heterocycles. The van der Waals surface area contributed by atoms with E-state index in [4.69, 9.17) is 14.2 Å². The summed E-state index contributed by atoms with van der Waals surface area (Å²) in [6, 6.07) is 10.3. The summed E-state index contributed by atoms with van der Waals surface area (Å²) in [6.07, 6.45) is 1.44. The fourth-order valence-corrected chi connectivity index (χ4v) is 5.32. The minimum atomic E-state index is -3.71. The number of aryl methyl sites for hydroxylation is 1. The molecule has 0 radical (unpaired) electrons. The maximum Gasteiger partial charge on any atom is 0.251 e. The molecule has 0 unspecified atom stereocenters. The van der Waals surface area contributed by atoms with E-state index < -0.39 is 10.0 Å². The Morgan fingerprint density at radius 2 is 1.85 bits per heavy atom. The van der Waals surface area contributed by atoms with Gasteiger partial charge in [0.1, 0.15) is 0 Å². The van der Waals surface area contributed by atoms with Gasteiger partial charge in [-0.25, -0.2) is 8.42 Å². The van der Waals surface area contributed by atoms with Crippen molar-refractivity contribution < 1.29 is 27.4 Å². The van der Waals surface area contributed by atoms with Crippen LogP contribution in [0.4, 0.5) is 0 Å². The summed E-state index contributed by atoms with van der Waals surface area (Å²) < 4.78 is 44.2. The third-order valence-electron chi connectivity index (χ3n) is 5.44. The van der Waals surface area contributed by atoms with E-state index in [2.05, 4.69) is 5.32 Å². The molecule has 0 saturated carbocycles. The Labute approximate surface area is 195 Å². The monoisotopic (exact) mass is 476 g/mol. The van der Waals surface area contributed by atoms with Crippen LogP contribution in [0.1, 0.15) is 41.8 Å². The second-order valence-corrected chi connectivity index (χ2v) is 9.62. The molecule has 1 fully saturated rings. The van der Waals surface area contributed by atoms with Crippen molar-refractivity contribution in [2.24, 2.45) is 0 Å². The lowest BCUT2D eigenvalue weighted by Crippen LogP contribution is -2.41. The maximum atomic E-state index is 13.2. The minimum absolute atomic E-state index is 0.179. The highest BCUT2D eigenvalue weighted by Crippen LogP contribution is 2.28. The molecule has 8 nitrogen and oxygen atoms in total. The van der Waals surface area contributed by atoms with Crippen molar-refractivity contribution in [2.45, 2.75) is 38.1 Å². The van der Waals surface area contributed by atoms with Crippen LogP contribution >= 0.6 is 0 Å². The van der Waals surface area contributed by atoms with Crippen molar-refractivity contribution >= 4 is 15.9 Å². The highest BCUT2D eigenvalue weighted by Gasteiger charge is 2.29. The van der Waals surface area contributed by atoms with E-state index >= 15 is 0 Å². The summed E-state index contributed by atoms with van der Waals surface area (Å²) in [5.41, 5.74) is 1.83. The predicted molar refractivity (Wildman–Crippen MR) is 125 cm³/mol. The molecule has 0 spiro atoms. The molecule has 1 N–H and O–H groups in total. The number of methoxy groups -OCH3 is 1. The molecule has 1 amide bonds. The zero-order valence-corrected chi connectivity index (χ0v) is 20.2. The van der Waals surface area contributed by atoms with Crippen LogP contribution in [0.2, 0.25) is 0 Å². The fourth-order valence-electron chi connectivity index (χ4n) is 3.59. The van der Waals surface area contributed by atoms with Crippen molar-refractivity contribution in [2.75, 3.05) is 40.0 Å². The lowest BCUT2D eigenvalue weighted by Gasteiger charge is -2.27. The SMILES string of the molecule is CCCOc1ccc(CNC(=O)c2ccc(CC)c(S(=O)(=O)N3CCOCC3)c2)cc1OC. The molecule has 0 atom stereocenters. The number of sulfonamides is 1. The maximum absolute atomic E-state index is 13.2. The normalized spacial score (nSPS) is 14.6. The van der Waals surface area contributed by atoms with E-state index in [0.29, 0.717) is 62.0 Å². The highest BCUT2D eigenvalue weighted by atomic mass is 32.2. The van der Waals surface area contributed by atoms with Gasteiger partial charge in [0, 0.05) is 25.2 Å². The molecular formula is C24H32N2O6S. The molecule has 9 heteroatoms. The molecule has 0 bridgehead atoms. The number of carbonyl (C=O) groups is 1. The zero-order chi connectivity index (χ0) is 23.8. The number of hydrogen-bond acceptors (Lipinski definition) is 6. The van der Waals surface area contributed by atoms with Gasteiger partial charge < -0.3 is 19.5 Å². The molecule has 1 heterocycles. The predicted octanol–water partition coefficient (Wildman–Crippen LogP) is 3.00. The highest BCUT2D eigenvalue weighted by molar-refractivity contribution is 7.89. The van der Waals surface area contributed by atoms with Crippen molar-refractivity contribution in [3.63, 3.8) is 0 Å². The topological polar surface area (TPSA) is 94.2 Å². The molecule has 2 aromatic carbocycles. The number of rotatable bonds is 10. The second kappa shape index (κ2) is 11.5. The molecule has 180 valence electrons. The summed E-state index contributed by atoms with van der Waals surface area (Å²) in [4.78, 5) is 13.0. The molecule has 3 rings (SSSR count). The van der Waals surface area contributed by atoms with Gasteiger partial charge >= 0.3 is 0 Å². The van der Waals surface area contributed by atoms with E-state index in [9.17, 15) is 13.2 Å². The van der Waals surface area contributed by atoms with Crippen LogP contribution in [0, 0.1) is 0 Å². The van der Waals surface area contributed by atoms with Crippen LogP contribution in [0.3, 0.4) is 0 Å². The van der Waals surface area contributed by atoms with Crippen molar-refractivity contribution in [1.29, 1.82) is 0 Å². The third kappa shape index (κ3) is 6.04. The van der Waals surface area contributed by atoms with Gasteiger partial charge in [0.05, 0.1) is 31.8 Å². The number of amides is 1. The van der Waals surface area contributed by atoms with Crippen LogP contribution in [-0.4, -0.2) is 58.7 Å². The molecule has 2 aromatic rings. The quantitative estimate of drug-likeness (QED) is 0.567. The number of carbonyl (C=O) groups excluding carboxylic acids is 1. The summed E-state index contributed by atoms with van der Waals surface area (Å²) in [7, 11) is -2.13. The Bertz CT molecular complexity index is 1060. The van der Waals surface area contributed by atoms with Crippen molar-refractivity contribution in [3.05, 3.63) is 53.1 Å². The first kappa shape index (κ1) is 25.0. The average Bonchev–Trinajstić information content (AvgIpc) is 2.86. The second-order valence-electron chi connectivity index (χ2n) is 7.71. The first-order valence-electron chi connectivity index (χ1n) is 11.2. The van der Waals surface area contributed by atoms with Gasteiger partial charge in [-0.2, -0.15) is 4.31 Å². The van der Waals surface area contributed by atoms with Gasteiger partial charge in [-0.1, -0.05) is 26.0 Å². The lowest BCUT2D eigenvalue weighted by atomic mass is 10.1. The summed E-state index contributed by atoms with van der Waals surface area (Å²) in [5.74, 6) is 0.908. The molecule has 1 saturated heterocycles. The first-order valence-corrected chi connectivity index (χ1v) is 12.6. The van der Waals surface area contributed by atoms with Crippen LogP contribution in [0.5, 0.6) is 11.5 Å². The minimum Gasteiger partial charge on any atom is -0.493 e. The Morgan fingerprint density at radius 1 is 1.09 bits per heavy atom. The van der Waals surface area contributed by atoms with Gasteiger partial charge in [0.2, 0.25) is 10.0 Å². The Balaban J connectivity index is 1.76. The van der Waals surface area contributed by atoms with E-state index in [1.54, 1.807) is 19.2 Å². The van der Waals surface area contributed by atoms with Gasteiger partial charge in [-0.05, 0) is 48.2 Å². The van der Waals surface area contributed by atoms with Crippen LogP contribution < -0.4 is 14.8 Å². The molecular weight excluding hydrogens is 444 g/mol. The van der Waals surface area contributed by atoms with Gasteiger partial charge in [-0.3, -0.25) is 4.79 Å². The zero-order valence-electron chi connectivity index (χ0n) is 19.4. The number of benzene rings is 2. The van der Waals surface area contributed by atoms with Crippen LogP contribution in [0.15, 0.2) is 41.3 Å². The van der Waals surface area contributed by atoms with Crippen molar-refractivity contribution in [3.8, 4) is 11.5 Å². The summed E-state index contributed by atoms with van der Waals surface area (Å²) >= 11 is 0. The van der Waals surface area contributed by atoms with Gasteiger partial charge in [0.25, 0.3) is 5.91 Å². The smallest absolute Gasteiger partial charge is 0.251 e. The van der Waals surface area contributed by atoms with Gasteiger partial charge in [0.15, 0.2) is 11.5 Å². The van der Waals surface area contributed by atoms with E-state index in [1.165, 1.54) is 10.4 Å². The number of hydrogen-bond donors (Lipinski definition) is 1. The van der Waals surface area contributed by atoms with E-state index in [0.717, 1.165) is 12.0 Å². The Hall–Kier alpha value is -2.62. The Morgan fingerprint density at radius 3 is 2.52 bits per heavy atom. The fraction of sp³-hybridized carbons (Fsp3) is 0.458. The Kier molecular flexibility index (Phi) is 8.71.